The van der Waals surface area contributed by atoms with E-state index in [1.807, 2.05) is 4.90 Å². The van der Waals surface area contributed by atoms with Gasteiger partial charge in [-0.1, -0.05) is 0 Å². The Kier molecular flexibility index (Phi) is 2.40. The van der Waals surface area contributed by atoms with Gasteiger partial charge in [0.2, 0.25) is 5.28 Å². The van der Waals surface area contributed by atoms with Crippen molar-refractivity contribution < 1.29 is 4.39 Å². The molecular formula is C11H10ClFN4. The second-order valence-electron chi connectivity index (χ2n) is 4.57. The van der Waals surface area contributed by atoms with Gasteiger partial charge < -0.3 is 4.90 Å². The van der Waals surface area contributed by atoms with E-state index >= 15 is 0 Å². The summed E-state index contributed by atoms with van der Waals surface area (Å²) in [5, 5.41) is 8.70. The minimum atomic E-state index is -0.437. The van der Waals surface area contributed by atoms with Gasteiger partial charge in [-0.2, -0.15) is 10.2 Å². The van der Waals surface area contributed by atoms with Gasteiger partial charge in [0, 0.05) is 19.5 Å². The number of nitrogens with zero attached hydrogens (tertiary/aromatic N) is 4. The number of halogens is 2. The monoisotopic (exact) mass is 252 g/mol. The summed E-state index contributed by atoms with van der Waals surface area (Å²) in [4.78, 5) is 9.41. The lowest BCUT2D eigenvalue weighted by Gasteiger charge is -2.20. The minimum absolute atomic E-state index is 0.0653. The molecule has 0 aromatic carbocycles. The van der Waals surface area contributed by atoms with E-state index in [4.69, 9.17) is 16.9 Å². The molecule has 2 heterocycles. The van der Waals surface area contributed by atoms with E-state index in [2.05, 4.69) is 16.0 Å². The first-order valence-electron chi connectivity index (χ1n) is 5.50. The molecule has 3 atom stereocenters. The van der Waals surface area contributed by atoms with Gasteiger partial charge in [-0.05, 0) is 29.4 Å². The molecule has 88 valence electrons. The standard InChI is InChI=1S/C11H10ClFN4/c12-11-15-3-9(13)10(16-11)17-4-7-6(1-2-14)8(7)5-17/h3,6-8H,1,4-5H2/t6?,7-,8+. The fourth-order valence-corrected chi connectivity index (χ4v) is 2.92. The maximum absolute atomic E-state index is 13.5. The van der Waals surface area contributed by atoms with Gasteiger partial charge >= 0.3 is 0 Å². The molecule has 0 N–H and O–H groups in total. The number of hydrogen-bond donors (Lipinski definition) is 0. The average molecular weight is 253 g/mol. The number of aromatic nitrogens is 2. The average Bonchev–Trinajstić information content (AvgIpc) is 2.76. The van der Waals surface area contributed by atoms with Crippen LogP contribution in [0.15, 0.2) is 6.20 Å². The van der Waals surface area contributed by atoms with Crippen molar-refractivity contribution in [1.82, 2.24) is 9.97 Å². The molecule has 17 heavy (non-hydrogen) atoms. The highest BCUT2D eigenvalue weighted by atomic mass is 35.5. The summed E-state index contributed by atoms with van der Waals surface area (Å²) in [6.45, 7) is 1.53. The van der Waals surface area contributed by atoms with Gasteiger partial charge in [0.1, 0.15) is 0 Å². The SMILES string of the molecule is N#CCC1[C@H]2CN(c3nc(Cl)ncc3F)C[C@@H]12. The predicted octanol–water partition coefficient (Wildman–Crippen LogP) is 1.86. The summed E-state index contributed by atoms with van der Waals surface area (Å²) < 4.78 is 13.5. The molecule has 6 heteroatoms. The molecule has 1 aliphatic heterocycles. The van der Waals surface area contributed by atoms with Crippen LogP contribution in [-0.2, 0) is 0 Å². The minimum Gasteiger partial charge on any atom is -0.353 e. The van der Waals surface area contributed by atoms with Crippen molar-refractivity contribution in [2.75, 3.05) is 18.0 Å². The van der Waals surface area contributed by atoms with Gasteiger partial charge in [-0.3, -0.25) is 0 Å². The second-order valence-corrected chi connectivity index (χ2v) is 4.91. The van der Waals surface area contributed by atoms with E-state index < -0.39 is 5.82 Å². The quantitative estimate of drug-likeness (QED) is 0.754. The Morgan fingerprint density at radius 3 is 2.88 bits per heavy atom. The first kappa shape index (κ1) is 10.7. The van der Waals surface area contributed by atoms with E-state index in [9.17, 15) is 4.39 Å². The highest BCUT2D eigenvalue weighted by Crippen LogP contribution is 2.54. The van der Waals surface area contributed by atoms with Gasteiger partial charge in [0.05, 0.1) is 12.3 Å². The molecule has 0 amide bonds. The highest BCUT2D eigenvalue weighted by molar-refractivity contribution is 6.28. The van der Waals surface area contributed by atoms with Crippen LogP contribution in [0.3, 0.4) is 0 Å². The van der Waals surface area contributed by atoms with Crippen molar-refractivity contribution in [1.29, 1.82) is 5.26 Å². The van der Waals surface area contributed by atoms with Crippen molar-refractivity contribution in [2.45, 2.75) is 6.42 Å². The number of piperidine rings is 1. The summed E-state index contributed by atoms with van der Waals surface area (Å²) in [5.74, 6) is 1.38. The van der Waals surface area contributed by atoms with Crippen LogP contribution >= 0.6 is 11.6 Å². The Morgan fingerprint density at radius 1 is 1.53 bits per heavy atom. The van der Waals surface area contributed by atoms with E-state index in [0.717, 1.165) is 19.3 Å². The molecule has 2 aliphatic rings. The molecule has 4 nitrogen and oxygen atoms in total. The lowest BCUT2D eigenvalue weighted by Crippen LogP contribution is -2.26. The fraction of sp³-hybridized carbons (Fsp3) is 0.545. The lowest BCUT2D eigenvalue weighted by atomic mass is 10.2. The molecule has 2 fully saturated rings. The molecule has 1 aliphatic carbocycles. The van der Waals surface area contributed by atoms with Crippen molar-refractivity contribution in [2.24, 2.45) is 17.8 Å². The molecular weight excluding hydrogens is 243 g/mol. The Bertz CT molecular complexity index is 489. The second kappa shape index (κ2) is 3.81. The predicted molar refractivity (Wildman–Crippen MR) is 59.9 cm³/mol. The zero-order valence-electron chi connectivity index (χ0n) is 8.98. The molecule has 0 spiro atoms. The molecule has 1 aromatic rings. The summed E-state index contributed by atoms with van der Waals surface area (Å²) in [6, 6.07) is 2.19. The molecule has 1 unspecified atom stereocenters. The van der Waals surface area contributed by atoms with Crippen LogP contribution in [-0.4, -0.2) is 23.1 Å². The van der Waals surface area contributed by atoms with E-state index in [1.54, 1.807) is 0 Å². The maximum atomic E-state index is 13.5. The van der Waals surface area contributed by atoms with E-state index in [-0.39, 0.29) is 11.1 Å². The van der Waals surface area contributed by atoms with Crippen molar-refractivity contribution in [3.63, 3.8) is 0 Å². The van der Waals surface area contributed by atoms with Crippen LogP contribution in [0.5, 0.6) is 0 Å². The summed E-state index contributed by atoms with van der Waals surface area (Å²) in [5.41, 5.74) is 0. The first-order chi connectivity index (χ1) is 8.20. The first-order valence-corrected chi connectivity index (χ1v) is 5.88. The van der Waals surface area contributed by atoms with Gasteiger partial charge in [0.25, 0.3) is 0 Å². The molecule has 3 rings (SSSR count). The molecule has 1 saturated heterocycles. The Labute approximate surface area is 103 Å². The third-order valence-corrected chi connectivity index (χ3v) is 3.88. The van der Waals surface area contributed by atoms with Crippen molar-refractivity contribution in [3.05, 3.63) is 17.3 Å². The zero-order valence-corrected chi connectivity index (χ0v) is 9.73. The van der Waals surface area contributed by atoms with E-state index in [1.165, 1.54) is 0 Å². The summed E-state index contributed by atoms with van der Waals surface area (Å²) in [7, 11) is 0. The van der Waals surface area contributed by atoms with Gasteiger partial charge in [0.15, 0.2) is 11.6 Å². The number of anilines is 1. The van der Waals surface area contributed by atoms with Crippen LogP contribution in [0.1, 0.15) is 6.42 Å². The Hall–Kier alpha value is -1.41. The van der Waals surface area contributed by atoms with E-state index in [0.29, 0.717) is 24.2 Å². The van der Waals surface area contributed by atoms with Crippen molar-refractivity contribution in [3.8, 4) is 6.07 Å². The third kappa shape index (κ3) is 1.73. The number of hydrogen-bond acceptors (Lipinski definition) is 4. The van der Waals surface area contributed by atoms with Crippen LogP contribution < -0.4 is 4.90 Å². The van der Waals surface area contributed by atoms with Gasteiger partial charge in [-0.25, -0.2) is 9.37 Å². The summed E-state index contributed by atoms with van der Waals surface area (Å²) in [6.07, 6.45) is 1.71. The largest absolute Gasteiger partial charge is 0.353 e. The van der Waals surface area contributed by atoms with Crippen LogP contribution in [0.2, 0.25) is 5.28 Å². The maximum Gasteiger partial charge on any atom is 0.224 e. The van der Waals surface area contributed by atoms with Crippen LogP contribution in [0, 0.1) is 34.9 Å². The topological polar surface area (TPSA) is 52.8 Å². The molecule has 1 aromatic heterocycles. The lowest BCUT2D eigenvalue weighted by molar-refractivity contribution is 0.589. The molecule has 0 bridgehead atoms. The Morgan fingerprint density at radius 2 is 2.24 bits per heavy atom. The van der Waals surface area contributed by atoms with Crippen molar-refractivity contribution >= 4 is 17.4 Å². The number of rotatable bonds is 2. The number of nitriles is 1. The van der Waals surface area contributed by atoms with Crippen LogP contribution in [0.25, 0.3) is 0 Å². The smallest absolute Gasteiger partial charge is 0.224 e. The molecule has 1 saturated carbocycles. The number of fused-ring (bicyclic) bond motifs is 1. The zero-order chi connectivity index (χ0) is 12.0. The normalized spacial score (nSPS) is 29.9. The summed E-state index contributed by atoms with van der Waals surface area (Å²) >= 11 is 5.66. The van der Waals surface area contributed by atoms with Crippen LogP contribution in [0.4, 0.5) is 10.2 Å². The fourth-order valence-electron chi connectivity index (χ4n) is 2.79. The highest BCUT2D eigenvalue weighted by Gasteiger charge is 2.55. The third-order valence-electron chi connectivity index (χ3n) is 3.69. The Balaban J connectivity index is 1.73. The molecule has 0 radical (unpaired) electrons. The van der Waals surface area contributed by atoms with Gasteiger partial charge in [-0.15, -0.1) is 0 Å².